The number of likely N-dealkylation sites (tertiary alicyclic amines) is 1. The molecule has 3 aromatic heterocycles. The molecule has 3 aromatic carbocycles. The molecule has 1 aliphatic heterocycles. The highest BCUT2D eigenvalue weighted by Gasteiger charge is 2.43. The third-order valence-electron chi connectivity index (χ3n) is 13.1. The summed E-state index contributed by atoms with van der Waals surface area (Å²) in [5.41, 5.74) is 11.1. The molecule has 0 radical (unpaired) electrons. The molecule has 1 aliphatic rings. The number of carbonyl (C=O) groups excluding carboxylic acids is 3. The molecular weight excluding hydrogens is 905 g/mol. The van der Waals surface area contributed by atoms with Crippen molar-refractivity contribution in [3.8, 4) is 27.3 Å². The van der Waals surface area contributed by atoms with Gasteiger partial charge in [-0.25, -0.2) is 9.97 Å². The number of nitrogens with zero attached hydrogens (tertiary/aromatic N) is 6. The summed E-state index contributed by atoms with van der Waals surface area (Å²) in [6.07, 6.45) is 8.37. The molecule has 3 N–H and O–H groups in total. The second-order valence-electron chi connectivity index (χ2n) is 19.5. The van der Waals surface area contributed by atoms with Crippen molar-refractivity contribution >= 4 is 46.4 Å². The summed E-state index contributed by atoms with van der Waals surface area (Å²) in [6.45, 7) is 16.5. The van der Waals surface area contributed by atoms with Gasteiger partial charge in [0.15, 0.2) is 0 Å². The Morgan fingerprint density at radius 2 is 1.67 bits per heavy atom. The molecule has 16 heteroatoms. The first-order valence-corrected chi connectivity index (χ1v) is 25.0. The van der Waals surface area contributed by atoms with E-state index in [0.717, 1.165) is 99.1 Å². The Labute approximate surface area is 414 Å². The van der Waals surface area contributed by atoms with E-state index in [1.165, 1.54) is 4.90 Å². The predicted molar refractivity (Wildman–Crippen MR) is 272 cm³/mol. The van der Waals surface area contributed by atoms with E-state index in [4.69, 9.17) is 9.26 Å². The van der Waals surface area contributed by atoms with Crippen molar-refractivity contribution in [2.45, 2.75) is 112 Å². The maximum atomic E-state index is 14.4. The van der Waals surface area contributed by atoms with Gasteiger partial charge in [0.1, 0.15) is 24.6 Å². The monoisotopic (exact) mass is 970 g/mol. The van der Waals surface area contributed by atoms with E-state index in [2.05, 4.69) is 80.0 Å². The number of unbranched alkanes of at least 4 members (excludes halogenated alkanes) is 3. The van der Waals surface area contributed by atoms with Crippen LogP contribution in [0.15, 0.2) is 95.5 Å². The van der Waals surface area contributed by atoms with Gasteiger partial charge in [-0.3, -0.25) is 19.2 Å². The number of nitrogens with one attached hydrogen (secondary N) is 2. The summed E-state index contributed by atoms with van der Waals surface area (Å²) >= 11 is 1.56. The number of hydrogen-bond acceptors (Lipinski definition) is 11. The number of aliphatic carboxylic acids is 1. The number of ether oxygens (including phenoxy) is 1. The number of rotatable bonds is 21. The second-order valence-corrected chi connectivity index (χ2v) is 20.4. The highest BCUT2D eigenvalue weighted by atomic mass is 32.1. The Bertz CT molecular complexity index is 2710. The minimum Gasteiger partial charge on any atom is -0.481 e. The molecule has 1 saturated heterocycles. The van der Waals surface area contributed by atoms with Gasteiger partial charge in [-0.2, -0.15) is 0 Å². The Morgan fingerprint density at radius 1 is 0.943 bits per heavy atom. The lowest BCUT2D eigenvalue weighted by Gasteiger charge is -2.36. The van der Waals surface area contributed by atoms with Crippen molar-refractivity contribution in [3.63, 3.8) is 0 Å². The summed E-state index contributed by atoms with van der Waals surface area (Å²) in [5.74, 6) is -2.21. The van der Waals surface area contributed by atoms with Crippen LogP contribution in [0.25, 0.3) is 27.3 Å². The number of carboxylic acid groups (broad SMARTS) is 1. The molecular formula is C54H66N8O7S. The van der Waals surface area contributed by atoms with E-state index < -0.39 is 35.4 Å². The molecule has 3 amide bonds. The minimum atomic E-state index is -0.979. The zero-order valence-corrected chi connectivity index (χ0v) is 42.3. The molecule has 15 nitrogen and oxygen atoms in total. The molecule has 4 atom stereocenters. The smallest absolute Gasteiger partial charge is 0.303 e. The van der Waals surface area contributed by atoms with Gasteiger partial charge in [0.05, 0.1) is 34.0 Å². The van der Waals surface area contributed by atoms with Gasteiger partial charge in [0, 0.05) is 61.1 Å². The number of benzene rings is 3. The maximum Gasteiger partial charge on any atom is 0.303 e. The molecule has 0 saturated carbocycles. The summed E-state index contributed by atoms with van der Waals surface area (Å²) in [6, 6.07) is 21.8. The molecule has 0 bridgehead atoms. The van der Waals surface area contributed by atoms with Gasteiger partial charge in [-0.05, 0) is 118 Å². The van der Waals surface area contributed by atoms with Crippen molar-refractivity contribution < 1.29 is 33.5 Å². The predicted octanol–water partition coefficient (Wildman–Crippen LogP) is 9.70. The highest BCUT2D eigenvalue weighted by Crippen LogP contribution is 2.36. The molecule has 6 aromatic rings. The first kappa shape index (κ1) is 51.2. The van der Waals surface area contributed by atoms with Gasteiger partial charge in [-0.15, -0.1) is 11.3 Å². The number of thiazole rings is 1. The van der Waals surface area contributed by atoms with Gasteiger partial charge in [0.25, 0.3) is 0 Å². The van der Waals surface area contributed by atoms with Gasteiger partial charge >= 0.3 is 5.97 Å². The first-order chi connectivity index (χ1) is 33.5. The van der Waals surface area contributed by atoms with Crippen molar-refractivity contribution in [1.29, 1.82) is 0 Å². The lowest BCUT2D eigenvalue weighted by molar-refractivity contribution is -0.143. The average Bonchev–Trinajstić information content (AvgIpc) is 4.16. The fraction of sp³-hybridized carbons (Fsp3) is 0.426. The third kappa shape index (κ3) is 12.6. The van der Waals surface area contributed by atoms with Crippen molar-refractivity contribution in [2.24, 2.45) is 11.3 Å². The van der Waals surface area contributed by atoms with E-state index in [-0.39, 0.29) is 43.7 Å². The largest absolute Gasteiger partial charge is 0.481 e. The lowest BCUT2D eigenvalue weighted by atomic mass is 9.85. The van der Waals surface area contributed by atoms with E-state index >= 15 is 0 Å². The maximum absolute atomic E-state index is 14.4. The molecule has 0 spiro atoms. The molecule has 7 rings (SSSR count). The fourth-order valence-electron chi connectivity index (χ4n) is 9.21. The fourth-order valence-corrected chi connectivity index (χ4v) is 10.0. The minimum absolute atomic E-state index is 0.136. The SMILES string of the molecule is Cc1ccc(-c2c(C)noc2C)cc1N(CCCCCCOCC(=O)NC(C(=O)N1C[C@@H](CC(=O)O)C[C@H]1NC(=O)C(C)c1ccc(-c2scnc2C)cc1)C(C)(C)C)c1ccc(-n2ccnc2)cc1. The van der Waals surface area contributed by atoms with Crippen LogP contribution in [0.4, 0.5) is 11.4 Å². The van der Waals surface area contributed by atoms with Crippen LogP contribution in [-0.2, 0) is 23.9 Å². The molecule has 4 heterocycles. The number of amides is 3. The molecule has 70 heavy (non-hydrogen) atoms. The zero-order valence-electron chi connectivity index (χ0n) is 41.5. The van der Waals surface area contributed by atoms with Crippen molar-refractivity contribution in [1.82, 2.24) is 35.2 Å². The van der Waals surface area contributed by atoms with Gasteiger partial charge < -0.3 is 39.4 Å². The lowest BCUT2D eigenvalue weighted by Crippen LogP contribution is -2.58. The number of imidazole rings is 1. The quantitative estimate of drug-likeness (QED) is 0.0584. The molecule has 370 valence electrons. The number of hydrogen-bond donors (Lipinski definition) is 3. The van der Waals surface area contributed by atoms with Gasteiger partial charge in [-0.1, -0.05) is 75.2 Å². The second kappa shape index (κ2) is 22.8. The Hall–Kier alpha value is -6.65. The summed E-state index contributed by atoms with van der Waals surface area (Å²) in [7, 11) is 0. The number of aryl methyl sites for hydroxylation is 4. The number of anilines is 2. The summed E-state index contributed by atoms with van der Waals surface area (Å²) in [4.78, 5) is 66.8. The summed E-state index contributed by atoms with van der Waals surface area (Å²) in [5, 5.41) is 19.8. The van der Waals surface area contributed by atoms with Crippen LogP contribution >= 0.6 is 11.3 Å². The standard InChI is InChI=1S/C54H66N8O7S/c1-34-13-14-42(49-36(3)59-69-38(49)5)29-45(34)61(44-21-19-43(20-22-44)60-25-23-55-32-60)24-11-9-10-12-26-68-31-47(63)58-51(54(6,7)8)53(67)62-30-39(28-48(64)65)27-46(62)57-52(66)35(2)40-15-17-41(18-16-40)50-37(4)56-33-70-50/h13-23,25,29,32-33,35,39,46,51H,9-12,24,26-28,30-31H2,1-8H3,(H,57,66)(H,58,63)(H,64,65)/t35?,39-,46+,51?/m1/s1. The molecule has 0 aliphatic carbocycles. The first-order valence-electron chi connectivity index (χ1n) is 24.1. The van der Waals surface area contributed by atoms with Crippen molar-refractivity contribution in [2.75, 3.05) is 31.2 Å². The van der Waals surface area contributed by atoms with E-state index in [1.54, 1.807) is 36.3 Å². The van der Waals surface area contributed by atoms with Crippen LogP contribution in [0.2, 0.25) is 0 Å². The Balaban J connectivity index is 0.919. The Morgan fingerprint density at radius 3 is 2.31 bits per heavy atom. The number of carbonyl (C=O) groups is 4. The van der Waals surface area contributed by atoms with Crippen LogP contribution in [0.1, 0.15) is 100 Å². The van der Waals surface area contributed by atoms with E-state index in [0.29, 0.717) is 6.61 Å². The molecule has 2 unspecified atom stereocenters. The topological polar surface area (TPSA) is 185 Å². The Kier molecular flexibility index (Phi) is 16.7. The van der Waals surface area contributed by atoms with Crippen LogP contribution in [-0.4, -0.2) is 91.9 Å². The number of carboxylic acids is 1. The normalized spacial score (nSPS) is 15.7. The van der Waals surface area contributed by atoms with Gasteiger partial charge in [0.2, 0.25) is 17.7 Å². The third-order valence-corrected chi connectivity index (χ3v) is 14.1. The van der Waals surface area contributed by atoms with Crippen molar-refractivity contribution in [3.05, 3.63) is 119 Å². The van der Waals surface area contributed by atoms with E-state index in [9.17, 15) is 24.3 Å². The van der Waals surface area contributed by atoms with E-state index in [1.807, 2.05) is 76.6 Å². The van der Waals surface area contributed by atoms with Crippen LogP contribution in [0, 0.1) is 39.0 Å². The van der Waals surface area contributed by atoms with Crippen LogP contribution in [0.3, 0.4) is 0 Å². The average molecular weight is 971 g/mol. The summed E-state index contributed by atoms with van der Waals surface area (Å²) < 4.78 is 13.3. The molecule has 1 fully saturated rings. The van der Waals surface area contributed by atoms with Crippen LogP contribution < -0.4 is 15.5 Å². The zero-order chi connectivity index (χ0) is 50.1. The van der Waals surface area contributed by atoms with Crippen LogP contribution in [0.5, 0.6) is 0 Å². The highest BCUT2D eigenvalue weighted by molar-refractivity contribution is 7.13. The number of aromatic nitrogens is 4.